The van der Waals surface area contributed by atoms with Crippen molar-refractivity contribution in [3.63, 3.8) is 0 Å². The predicted molar refractivity (Wildman–Crippen MR) is 136 cm³/mol. The van der Waals surface area contributed by atoms with E-state index in [4.69, 9.17) is 4.98 Å². The third kappa shape index (κ3) is 3.78. The molecule has 7 nitrogen and oxygen atoms in total. The van der Waals surface area contributed by atoms with E-state index in [1.54, 1.807) is 36.9 Å². The monoisotopic (exact) mass is 463 g/mol. The average molecular weight is 464 g/mol. The number of hydrogen-bond donors (Lipinski definition) is 3. The van der Waals surface area contributed by atoms with Gasteiger partial charge in [-0.15, -0.1) is 0 Å². The molecule has 0 fully saturated rings. The van der Waals surface area contributed by atoms with Gasteiger partial charge in [0.1, 0.15) is 17.0 Å². The normalized spacial score (nSPS) is 11.5. The van der Waals surface area contributed by atoms with Gasteiger partial charge in [-0.05, 0) is 44.2 Å². The minimum Gasteiger partial charge on any atom is -0.382 e. The summed E-state index contributed by atoms with van der Waals surface area (Å²) >= 11 is 0. The summed E-state index contributed by atoms with van der Waals surface area (Å²) in [5.41, 5.74) is 7.67. The van der Waals surface area contributed by atoms with Crippen molar-refractivity contribution in [1.82, 2.24) is 30.1 Å². The van der Waals surface area contributed by atoms with Crippen molar-refractivity contribution in [2.75, 3.05) is 5.32 Å². The zero-order valence-electron chi connectivity index (χ0n) is 19.2. The van der Waals surface area contributed by atoms with Gasteiger partial charge in [0.25, 0.3) is 0 Å². The minimum atomic E-state index is -0.288. The van der Waals surface area contributed by atoms with Gasteiger partial charge in [0.05, 0.1) is 34.3 Å². The molecule has 5 aromatic heterocycles. The number of hydrogen-bond acceptors (Lipinski definition) is 5. The number of H-pyrrole nitrogens is 2. The zero-order valence-corrected chi connectivity index (χ0v) is 19.2. The maximum absolute atomic E-state index is 14.5. The Morgan fingerprint density at radius 2 is 1.74 bits per heavy atom. The van der Waals surface area contributed by atoms with Gasteiger partial charge in [-0.3, -0.25) is 15.1 Å². The molecule has 3 N–H and O–H groups in total. The van der Waals surface area contributed by atoms with Gasteiger partial charge in [-0.2, -0.15) is 5.10 Å². The Labute approximate surface area is 200 Å². The Bertz CT molecular complexity index is 1680. The molecule has 0 aliphatic rings. The van der Waals surface area contributed by atoms with E-state index in [9.17, 15) is 4.39 Å². The number of benzene rings is 1. The standard InChI is InChI=1S/C27H22FN7/c1-15(2)31-17-9-16(11-29-12-17)22-7-8-23-26(33-22)27(35-34-23)24-10-19-20(13-30-14-25(19)32-24)18-5-3-4-6-21(18)28/h3-15,31-32H,1-2H3,(H,34,35). The molecule has 6 rings (SSSR count). The summed E-state index contributed by atoms with van der Waals surface area (Å²) in [6.45, 7) is 4.17. The van der Waals surface area contributed by atoms with E-state index in [0.29, 0.717) is 17.3 Å². The highest BCUT2D eigenvalue weighted by atomic mass is 19.1. The van der Waals surface area contributed by atoms with Gasteiger partial charge < -0.3 is 10.3 Å². The highest BCUT2D eigenvalue weighted by molar-refractivity contribution is 6.00. The number of aromatic amines is 2. The van der Waals surface area contributed by atoms with Gasteiger partial charge in [0.15, 0.2) is 0 Å². The zero-order chi connectivity index (χ0) is 23.9. The Balaban J connectivity index is 1.46. The van der Waals surface area contributed by atoms with Crippen LogP contribution in [0.2, 0.25) is 0 Å². The first-order chi connectivity index (χ1) is 17.1. The Morgan fingerprint density at radius 1 is 0.886 bits per heavy atom. The molecule has 5 heterocycles. The van der Waals surface area contributed by atoms with Crippen LogP contribution in [-0.2, 0) is 0 Å². The molecular formula is C27H22FN7. The highest BCUT2D eigenvalue weighted by Crippen LogP contribution is 2.34. The van der Waals surface area contributed by atoms with Crippen molar-refractivity contribution in [1.29, 1.82) is 0 Å². The van der Waals surface area contributed by atoms with E-state index in [1.165, 1.54) is 6.07 Å². The van der Waals surface area contributed by atoms with Gasteiger partial charge in [0.2, 0.25) is 0 Å². The Hall–Kier alpha value is -4.59. The lowest BCUT2D eigenvalue weighted by Crippen LogP contribution is -2.09. The fraction of sp³-hybridized carbons (Fsp3) is 0.111. The number of rotatable bonds is 5. The molecule has 8 heteroatoms. The lowest BCUT2D eigenvalue weighted by Gasteiger charge is -2.10. The molecule has 0 bridgehead atoms. The van der Waals surface area contributed by atoms with Gasteiger partial charge in [-0.1, -0.05) is 18.2 Å². The first-order valence-electron chi connectivity index (χ1n) is 11.4. The van der Waals surface area contributed by atoms with E-state index in [2.05, 4.69) is 44.3 Å². The lowest BCUT2D eigenvalue weighted by molar-refractivity contribution is 0.631. The summed E-state index contributed by atoms with van der Waals surface area (Å²) in [6, 6.07) is 14.9. The number of pyridine rings is 3. The summed E-state index contributed by atoms with van der Waals surface area (Å²) in [5, 5.41) is 11.8. The number of halogens is 1. The van der Waals surface area contributed by atoms with Crippen LogP contribution in [0.25, 0.3) is 55.7 Å². The molecule has 35 heavy (non-hydrogen) atoms. The molecule has 0 saturated carbocycles. The van der Waals surface area contributed by atoms with Crippen molar-refractivity contribution in [3.05, 3.63) is 79.1 Å². The second-order valence-corrected chi connectivity index (χ2v) is 8.74. The summed E-state index contributed by atoms with van der Waals surface area (Å²) in [6.07, 6.45) is 7.02. The predicted octanol–water partition coefficient (Wildman–Crippen LogP) is 6.19. The van der Waals surface area contributed by atoms with Crippen LogP contribution in [-0.4, -0.2) is 36.2 Å². The smallest absolute Gasteiger partial charge is 0.135 e. The number of nitrogens with one attached hydrogen (secondary N) is 3. The number of anilines is 1. The lowest BCUT2D eigenvalue weighted by atomic mass is 10.0. The van der Waals surface area contributed by atoms with Crippen molar-refractivity contribution in [3.8, 4) is 33.8 Å². The van der Waals surface area contributed by atoms with Crippen LogP contribution in [0.1, 0.15) is 13.8 Å². The molecule has 6 aromatic rings. The Kier molecular flexibility index (Phi) is 4.99. The molecule has 0 saturated heterocycles. The van der Waals surface area contributed by atoms with Crippen LogP contribution >= 0.6 is 0 Å². The van der Waals surface area contributed by atoms with Crippen LogP contribution < -0.4 is 5.32 Å². The van der Waals surface area contributed by atoms with Crippen molar-refractivity contribution in [2.24, 2.45) is 0 Å². The van der Waals surface area contributed by atoms with Crippen LogP contribution in [0.5, 0.6) is 0 Å². The number of nitrogens with zero attached hydrogens (tertiary/aromatic N) is 4. The van der Waals surface area contributed by atoms with E-state index in [1.807, 2.05) is 30.3 Å². The summed E-state index contributed by atoms with van der Waals surface area (Å²) in [7, 11) is 0. The first-order valence-corrected chi connectivity index (χ1v) is 11.4. The molecule has 0 amide bonds. The van der Waals surface area contributed by atoms with Crippen LogP contribution in [0, 0.1) is 5.82 Å². The van der Waals surface area contributed by atoms with Crippen LogP contribution in [0.4, 0.5) is 10.1 Å². The minimum absolute atomic E-state index is 0.288. The highest BCUT2D eigenvalue weighted by Gasteiger charge is 2.17. The fourth-order valence-electron chi connectivity index (χ4n) is 4.31. The van der Waals surface area contributed by atoms with Crippen molar-refractivity contribution >= 4 is 27.6 Å². The molecule has 172 valence electrons. The summed E-state index contributed by atoms with van der Waals surface area (Å²) in [5.74, 6) is -0.288. The van der Waals surface area contributed by atoms with E-state index < -0.39 is 0 Å². The average Bonchev–Trinajstić information content (AvgIpc) is 3.47. The second kappa shape index (κ2) is 8.32. The second-order valence-electron chi connectivity index (χ2n) is 8.74. The molecule has 0 unspecified atom stereocenters. The SMILES string of the molecule is CC(C)Nc1cncc(-c2ccc3[nH]nc(-c4cc5c(-c6ccccc6F)cncc5[nH]4)c3n2)c1. The Morgan fingerprint density at radius 3 is 2.60 bits per heavy atom. The maximum atomic E-state index is 14.5. The van der Waals surface area contributed by atoms with E-state index in [0.717, 1.165) is 50.1 Å². The first kappa shape index (κ1) is 21.0. The van der Waals surface area contributed by atoms with E-state index >= 15 is 0 Å². The molecule has 0 aliphatic carbocycles. The van der Waals surface area contributed by atoms with Crippen molar-refractivity contribution in [2.45, 2.75) is 19.9 Å². The topological polar surface area (TPSA) is 95.2 Å². The molecule has 0 radical (unpaired) electrons. The van der Waals surface area contributed by atoms with Gasteiger partial charge in [-0.25, -0.2) is 9.37 Å². The molecule has 1 aromatic carbocycles. The molecule has 0 atom stereocenters. The summed E-state index contributed by atoms with van der Waals surface area (Å²) < 4.78 is 14.5. The molecule has 0 aliphatic heterocycles. The van der Waals surface area contributed by atoms with Gasteiger partial charge in [0, 0.05) is 46.7 Å². The van der Waals surface area contributed by atoms with E-state index in [-0.39, 0.29) is 5.82 Å². The maximum Gasteiger partial charge on any atom is 0.135 e. The van der Waals surface area contributed by atoms with Crippen LogP contribution in [0.3, 0.4) is 0 Å². The molecular weight excluding hydrogens is 441 g/mol. The molecule has 0 spiro atoms. The van der Waals surface area contributed by atoms with Crippen LogP contribution in [0.15, 0.2) is 73.3 Å². The third-order valence-corrected chi connectivity index (χ3v) is 5.86. The third-order valence-electron chi connectivity index (χ3n) is 5.86. The largest absolute Gasteiger partial charge is 0.382 e. The summed E-state index contributed by atoms with van der Waals surface area (Å²) in [4.78, 5) is 17.0. The fourth-order valence-corrected chi connectivity index (χ4v) is 4.31. The number of aromatic nitrogens is 6. The quantitative estimate of drug-likeness (QED) is 0.283. The van der Waals surface area contributed by atoms with Gasteiger partial charge >= 0.3 is 0 Å². The number of fused-ring (bicyclic) bond motifs is 2. The van der Waals surface area contributed by atoms with Crippen molar-refractivity contribution < 1.29 is 4.39 Å².